The van der Waals surface area contributed by atoms with Crippen LogP contribution in [0.1, 0.15) is 28.5 Å². The quantitative estimate of drug-likeness (QED) is 0.312. The topological polar surface area (TPSA) is 132 Å². The van der Waals surface area contributed by atoms with E-state index in [0.717, 1.165) is 18.2 Å². The number of rotatable bonds is 6. The number of alkyl halides is 3. The number of fused-ring (bicyclic) bond motifs is 2. The summed E-state index contributed by atoms with van der Waals surface area (Å²) >= 11 is 0. The van der Waals surface area contributed by atoms with Crippen molar-refractivity contribution in [3.8, 4) is 17.0 Å². The number of nitrogens with one attached hydrogen (secondary N) is 1. The third-order valence-corrected chi connectivity index (χ3v) is 7.14. The van der Waals surface area contributed by atoms with Gasteiger partial charge in [0.1, 0.15) is 29.3 Å². The minimum Gasteiger partial charge on any atom is -0.489 e. The lowest BCUT2D eigenvalue weighted by Crippen LogP contribution is -2.51. The molecule has 9 nitrogen and oxygen atoms in total. The minimum atomic E-state index is -5.32. The molecule has 1 aliphatic rings. The summed E-state index contributed by atoms with van der Waals surface area (Å²) in [5.41, 5.74) is 0.174. The lowest BCUT2D eigenvalue weighted by molar-refractivity contribution is -0.265. The Hall–Kier alpha value is -4.52. The maximum absolute atomic E-state index is 14.5. The predicted molar refractivity (Wildman–Crippen MR) is 135 cm³/mol. The van der Waals surface area contributed by atoms with Gasteiger partial charge in [-0.25, -0.2) is 9.37 Å². The highest BCUT2D eigenvalue weighted by Gasteiger charge is 2.57. The van der Waals surface area contributed by atoms with Gasteiger partial charge in [0.2, 0.25) is 11.5 Å². The monoisotopic (exact) mass is 557 g/mol. The fourth-order valence-corrected chi connectivity index (χ4v) is 4.55. The molecule has 2 atom stereocenters. The van der Waals surface area contributed by atoms with Crippen molar-refractivity contribution < 1.29 is 37.0 Å². The smallest absolute Gasteiger partial charge is 0.424 e. The highest BCUT2D eigenvalue weighted by molar-refractivity contribution is 5.98. The Morgan fingerprint density at radius 1 is 1.18 bits per heavy atom. The number of halogens is 4. The van der Waals surface area contributed by atoms with E-state index in [1.54, 1.807) is 17.8 Å². The van der Waals surface area contributed by atoms with Crippen LogP contribution in [-0.2, 0) is 22.9 Å². The van der Waals surface area contributed by atoms with Crippen LogP contribution in [0.3, 0.4) is 0 Å². The minimum absolute atomic E-state index is 0.0185. The molecule has 0 saturated carbocycles. The van der Waals surface area contributed by atoms with E-state index < -0.39 is 47.1 Å². The molecule has 0 spiro atoms. The van der Waals surface area contributed by atoms with Gasteiger partial charge in [0.05, 0.1) is 24.0 Å². The molecule has 4 aromatic rings. The lowest BCUT2D eigenvalue weighted by Gasteiger charge is -2.31. The SMILES string of the molecule is Cn1ncc2cc(C(=O)NC[C@](O)(c3cc4c(c(-c5ccc(F)cc5)n3)OC[C@]4(C)C(N)=O)C(F)(F)F)ccc21. The van der Waals surface area contributed by atoms with Crippen LogP contribution < -0.4 is 15.8 Å². The van der Waals surface area contributed by atoms with Gasteiger partial charge in [-0.1, -0.05) is 0 Å². The van der Waals surface area contributed by atoms with Crippen molar-refractivity contribution in [2.24, 2.45) is 12.8 Å². The standard InChI is InChI=1S/C27H23F4N5O4/c1-25(24(32)38)13-40-22-18(25)10-20(35-21(22)14-3-6-17(28)7-4-14)26(39,27(29,30)31)12-33-23(37)15-5-8-19-16(9-15)11-34-36(19)2/h3-11,39H,12-13H2,1-2H3,(H2,32,38)(H,33,37)/t25-,26-/m0/s1. The molecular weight excluding hydrogens is 534 g/mol. The van der Waals surface area contributed by atoms with Crippen LogP contribution in [0.15, 0.2) is 54.7 Å². The van der Waals surface area contributed by atoms with Gasteiger partial charge < -0.3 is 20.9 Å². The van der Waals surface area contributed by atoms with E-state index in [-0.39, 0.29) is 34.7 Å². The zero-order chi connectivity index (χ0) is 29.0. The second-order valence-electron chi connectivity index (χ2n) is 9.81. The van der Waals surface area contributed by atoms with Crippen LogP contribution in [0.25, 0.3) is 22.2 Å². The molecule has 2 amide bonds. The molecule has 1 aliphatic heterocycles. The molecule has 208 valence electrons. The molecule has 0 saturated heterocycles. The van der Waals surface area contributed by atoms with Gasteiger partial charge in [0.25, 0.3) is 5.91 Å². The van der Waals surface area contributed by atoms with Gasteiger partial charge in [-0.05, 0) is 55.5 Å². The molecule has 13 heteroatoms. The number of nitrogens with two attached hydrogens (primary N) is 1. The third kappa shape index (κ3) is 4.31. The number of carbonyl (C=O) groups is 2. The van der Waals surface area contributed by atoms with Crippen LogP contribution >= 0.6 is 0 Å². The van der Waals surface area contributed by atoms with Crippen LogP contribution in [0.4, 0.5) is 17.6 Å². The Bertz CT molecular complexity index is 1650. The summed E-state index contributed by atoms with van der Waals surface area (Å²) in [5.74, 6) is -2.37. The van der Waals surface area contributed by atoms with Crippen LogP contribution in [0.2, 0.25) is 0 Å². The van der Waals surface area contributed by atoms with Crippen molar-refractivity contribution >= 4 is 22.7 Å². The summed E-state index contributed by atoms with van der Waals surface area (Å²) in [7, 11) is 1.70. The molecule has 4 N–H and O–H groups in total. The highest BCUT2D eigenvalue weighted by Crippen LogP contribution is 2.47. The lowest BCUT2D eigenvalue weighted by atomic mass is 9.81. The predicted octanol–water partition coefficient (Wildman–Crippen LogP) is 3.09. The Morgan fingerprint density at radius 2 is 1.88 bits per heavy atom. The van der Waals surface area contributed by atoms with E-state index >= 15 is 0 Å². The second-order valence-corrected chi connectivity index (χ2v) is 9.81. The normalized spacial score (nSPS) is 18.2. The summed E-state index contributed by atoms with van der Waals surface area (Å²) in [4.78, 5) is 29.2. The fourth-order valence-electron chi connectivity index (χ4n) is 4.55. The number of primary amides is 1. The number of hydrogen-bond acceptors (Lipinski definition) is 6. The number of pyridine rings is 1. The zero-order valence-corrected chi connectivity index (χ0v) is 21.2. The number of ether oxygens (including phenoxy) is 1. The summed E-state index contributed by atoms with van der Waals surface area (Å²) in [6, 6.07) is 10.1. The number of benzene rings is 2. The number of hydrogen-bond donors (Lipinski definition) is 3. The zero-order valence-electron chi connectivity index (χ0n) is 21.2. The first-order chi connectivity index (χ1) is 18.7. The maximum Gasteiger partial charge on any atom is 0.424 e. The molecule has 2 aromatic carbocycles. The molecule has 5 rings (SSSR count). The summed E-state index contributed by atoms with van der Waals surface area (Å²) in [6.07, 6.45) is -3.82. The number of aliphatic hydroxyl groups is 1. The second kappa shape index (κ2) is 9.30. The molecule has 0 fully saturated rings. The van der Waals surface area contributed by atoms with Crippen molar-refractivity contribution in [3.63, 3.8) is 0 Å². The van der Waals surface area contributed by atoms with Gasteiger partial charge in [-0.3, -0.25) is 14.3 Å². The van der Waals surface area contributed by atoms with Crippen molar-refractivity contribution in [1.82, 2.24) is 20.1 Å². The molecule has 0 aliphatic carbocycles. The van der Waals surface area contributed by atoms with Crippen molar-refractivity contribution in [1.29, 1.82) is 0 Å². The first-order valence-electron chi connectivity index (χ1n) is 12.0. The average molecular weight is 558 g/mol. The molecule has 0 unspecified atom stereocenters. The van der Waals surface area contributed by atoms with Crippen LogP contribution in [0, 0.1) is 5.82 Å². The van der Waals surface area contributed by atoms with Gasteiger partial charge in [-0.2, -0.15) is 18.3 Å². The Labute approximate surface area is 224 Å². The molecule has 0 bridgehead atoms. The Kier molecular flexibility index (Phi) is 6.29. The van der Waals surface area contributed by atoms with E-state index in [0.29, 0.717) is 10.9 Å². The van der Waals surface area contributed by atoms with Crippen molar-refractivity contribution in [3.05, 3.63) is 77.4 Å². The summed E-state index contributed by atoms with van der Waals surface area (Å²) < 4.78 is 64.4. The van der Waals surface area contributed by atoms with Gasteiger partial charge in [-0.15, -0.1) is 0 Å². The number of aromatic nitrogens is 3. The van der Waals surface area contributed by atoms with Gasteiger partial charge >= 0.3 is 6.18 Å². The first-order valence-corrected chi connectivity index (χ1v) is 12.0. The number of amides is 2. The summed E-state index contributed by atoms with van der Waals surface area (Å²) in [6.45, 7) is -0.194. The largest absolute Gasteiger partial charge is 0.489 e. The van der Waals surface area contributed by atoms with E-state index in [4.69, 9.17) is 10.5 Å². The number of carbonyl (C=O) groups excluding carboxylic acids is 2. The van der Waals surface area contributed by atoms with E-state index in [1.807, 2.05) is 0 Å². The molecule has 40 heavy (non-hydrogen) atoms. The number of aryl methyl sites for hydroxylation is 1. The van der Waals surface area contributed by atoms with Crippen molar-refractivity contribution in [2.75, 3.05) is 13.2 Å². The van der Waals surface area contributed by atoms with E-state index in [9.17, 15) is 32.3 Å². The molecule has 3 heterocycles. The fraction of sp³-hybridized carbons (Fsp3) is 0.259. The van der Waals surface area contributed by atoms with E-state index in [1.165, 1.54) is 37.4 Å². The van der Waals surface area contributed by atoms with Gasteiger partial charge in [0.15, 0.2) is 0 Å². The Balaban J connectivity index is 1.58. The highest BCUT2D eigenvalue weighted by atomic mass is 19.4. The Morgan fingerprint density at radius 3 is 2.52 bits per heavy atom. The van der Waals surface area contributed by atoms with Crippen LogP contribution in [-0.4, -0.2) is 51.0 Å². The third-order valence-electron chi connectivity index (χ3n) is 7.14. The average Bonchev–Trinajstić information content (AvgIpc) is 3.46. The molecular formula is C27H23F4N5O4. The summed E-state index contributed by atoms with van der Waals surface area (Å²) in [5, 5.41) is 17.9. The molecule has 0 radical (unpaired) electrons. The van der Waals surface area contributed by atoms with Gasteiger partial charge in [0, 0.05) is 29.1 Å². The maximum atomic E-state index is 14.5. The van der Waals surface area contributed by atoms with E-state index in [2.05, 4.69) is 15.4 Å². The number of nitrogens with zero attached hydrogens (tertiary/aromatic N) is 3. The van der Waals surface area contributed by atoms with Crippen molar-refractivity contribution in [2.45, 2.75) is 24.1 Å². The van der Waals surface area contributed by atoms with Crippen LogP contribution in [0.5, 0.6) is 5.75 Å². The molecule has 2 aromatic heterocycles. The first kappa shape index (κ1) is 27.1.